The van der Waals surface area contributed by atoms with E-state index < -0.39 is 0 Å². The largest absolute Gasteiger partial charge is 0.370 e. The highest BCUT2D eigenvalue weighted by atomic mass is 35.5. The Bertz CT molecular complexity index is 338. The monoisotopic (exact) mass is 217 g/mol. The van der Waals surface area contributed by atoms with E-state index in [9.17, 15) is 0 Å². The Morgan fingerprint density at radius 3 is 2.62 bits per heavy atom. The SMILES string of the molecule is CN(C(=N)N)c1cc(Cl)ccc1Cl. The Labute approximate surface area is 86.6 Å². The lowest BCUT2D eigenvalue weighted by Crippen LogP contribution is -2.32. The molecule has 5 heteroatoms. The van der Waals surface area contributed by atoms with E-state index in [1.165, 1.54) is 4.90 Å². The fourth-order valence-corrected chi connectivity index (χ4v) is 1.28. The number of halogens is 2. The Balaban J connectivity index is 3.12. The van der Waals surface area contributed by atoms with Crippen molar-refractivity contribution in [3.63, 3.8) is 0 Å². The van der Waals surface area contributed by atoms with Crippen LogP contribution in [0.4, 0.5) is 5.69 Å². The van der Waals surface area contributed by atoms with E-state index in [-0.39, 0.29) is 5.96 Å². The normalized spacial score (nSPS) is 9.77. The Kier molecular flexibility index (Phi) is 3.01. The predicted molar refractivity (Wildman–Crippen MR) is 56.8 cm³/mol. The molecule has 0 fully saturated rings. The third-order valence-corrected chi connectivity index (χ3v) is 2.19. The van der Waals surface area contributed by atoms with Crippen molar-refractivity contribution in [2.45, 2.75) is 0 Å². The quantitative estimate of drug-likeness (QED) is 0.561. The van der Waals surface area contributed by atoms with Gasteiger partial charge in [0.2, 0.25) is 0 Å². The number of guanidine groups is 1. The minimum atomic E-state index is -0.0795. The zero-order chi connectivity index (χ0) is 10.0. The van der Waals surface area contributed by atoms with E-state index in [2.05, 4.69) is 0 Å². The molecule has 0 aliphatic heterocycles. The molecule has 0 aliphatic carbocycles. The van der Waals surface area contributed by atoms with Crippen molar-refractivity contribution in [1.82, 2.24) is 0 Å². The molecule has 1 aromatic rings. The van der Waals surface area contributed by atoms with Crippen molar-refractivity contribution in [2.24, 2.45) is 5.73 Å². The lowest BCUT2D eigenvalue weighted by molar-refractivity contribution is 1.20. The van der Waals surface area contributed by atoms with Gasteiger partial charge in [-0.15, -0.1) is 0 Å². The summed E-state index contributed by atoms with van der Waals surface area (Å²) in [6.07, 6.45) is 0. The molecule has 0 saturated carbocycles. The second-order valence-electron chi connectivity index (χ2n) is 2.54. The molecule has 0 radical (unpaired) electrons. The fraction of sp³-hybridized carbons (Fsp3) is 0.125. The summed E-state index contributed by atoms with van der Waals surface area (Å²) in [6.45, 7) is 0. The van der Waals surface area contributed by atoms with Gasteiger partial charge in [-0.05, 0) is 18.2 Å². The molecule has 0 spiro atoms. The summed E-state index contributed by atoms with van der Waals surface area (Å²) in [5.41, 5.74) is 5.92. The minimum Gasteiger partial charge on any atom is -0.370 e. The molecule has 0 amide bonds. The Hall–Kier alpha value is -0.930. The highest BCUT2D eigenvalue weighted by molar-refractivity contribution is 6.35. The number of nitrogens with two attached hydrogens (primary N) is 1. The van der Waals surface area contributed by atoms with Gasteiger partial charge >= 0.3 is 0 Å². The molecule has 3 nitrogen and oxygen atoms in total. The maximum atomic E-state index is 7.21. The van der Waals surface area contributed by atoms with Gasteiger partial charge in [0, 0.05) is 12.1 Å². The van der Waals surface area contributed by atoms with Gasteiger partial charge in [-0.3, -0.25) is 5.41 Å². The Morgan fingerprint density at radius 2 is 2.08 bits per heavy atom. The highest BCUT2D eigenvalue weighted by Gasteiger charge is 2.08. The van der Waals surface area contributed by atoms with Crippen molar-refractivity contribution in [2.75, 3.05) is 11.9 Å². The van der Waals surface area contributed by atoms with Gasteiger partial charge in [0.05, 0.1) is 10.7 Å². The fourth-order valence-electron chi connectivity index (χ4n) is 0.873. The average Bonchev–Trinajstić information content (AvgIpc) is 2.08. The van der Waals surface area contributed by atoms with Crippen LogP contribution in [-0.2, 0) is 0 Å². The standard InChI is InChI=1S/C8H9Cl2N3/c1-13(8(11)12)7-4-5(9)2-3-6(7)10/h2-4H,1H3,(H3,11,12). The van der Waals surface area contributed by atoms with Crippen LogP contribution in [0.3, 0.4) is 0 Å². The number of hydrogen-bond acceptors (Lipinski definition) is 1. The van der Waals surface area contributed by atoms with Crippen molar-refractivity contribution < 1.29 is 0 Å². The molecular weight excluding hydrogens is 209 g/mol. The summed E-state index contributed by atoms with van der Waals surface area (Å²) < 4.78 is 0. The van der Waals surface area contributed by atoms with Gasteiger partial charge in [0.1, 0.15) is 0 Å². The molecule has 70 valence electrons. The molecule has 1 rings (SSSR count). The van der Waals surface area contributed by atoms with Gasteiger partial charge in [0.25, 0.3) is 0 Å². The molecule has 0 atom stereocenters. The Morgan fingerprint density at radius 1 is 1.46 bits per heavy atom. The van der Waals surface area contributed by atoms with E-state index in [0.29, 0.717) is 15.7 Å². The molecule has 0 heterocycles. The minimum absolute atomic E-state index is 0.0795. The van der Waals surface area contributed by atoms with Gasteiger partial charge in [0.15, 0.2) is 5.96 Å². The van der Waals surface area contributed by atoms with E-state index in [1.54, 1.807) is 25.2 Å². The van der Waals surface area contributed by atoms with Crippen LogP contribution in [0, 0.1) is 5.41 Å². The van der Waals surface area contributed by atoms with E-state index in [1.807, 2.05) is 0 Å². The van der Waals surface area contributed by atoms with Gasteiger partial charge in [-0.1, -0.05) is 23.2 Å². The summed E-state index contributed by atoms with van der Waals surface area (Å²) in [5, 5.41) is 8.29. The molecule has 3 N–H and O–H groups in total. The molecular formula is C8H9Cl2N3. The van der Waals surface area contributed by atoms with E-state index >= 15 is 0 Å². The maximum Gasteiger partial charge on any atom is 0.192 e. The van der Waals surface area contributed by atoms with E-state index in [4.69, 9.17) is 34.3 Å². The molecule has 13 heavy (non-hydrogen) atoms. The molecule has 0 aromatic heterocycles. The van der Waals surface area contributed by atoms with Crippen molar-refractivity contribution in [3.05, 3.63) is 28.2 Å². The number of anilines is 1. The smallest absolute Gasteiger partial charge is 0.192 e. The van der Waals surface area contributed by atoms with Crippen LogP contribution in [0.25, 0.3) is 0 Å². The number of nitrogens with zero attached hydrogens (tertiary/aromatic N) is 1. The van der Waals surface area contributed by atoms with Crippen molar-refractivity contribution in [3.8, 4) is 0 Å². The summed E-state index contributed by atoms with van der Waals surface area (Å²) in [6, 6.07) is 5.01. The second-order valence-corrected chi connectivity index (χ2v) is 3.38. The van der Waals surface area contributed by atoms with Crippen LogP contribution in [0.5, 0.6) is 0 Å². The van der Waals surface area contributed by atoms with Crippen molar-refractivity contribution in [1.29, 1.82) is 5.41 Å². The molecule has 0 aliphatic rings. The lowest BCUT2D eigenvalue weighted by Gasteiger charge is -2.18. The first-order chi connectivity index (χ1) is 6.02. The van der Waals surface area contributed by atoms with Crippen LogP contribution in [0.1, 0.15) is 0 Å². The first-order valence-electron chi connectivity index (χ1n) is 3.55. The topological polar surface area (TPSA) is 53.1 Å². The number of benzene rings is 1. The number of nitrogens with one attached hydrogen (secondary N) is 1. The molecule has 0 bridgehead atoms. The van der Waals surface area contributed by atoms with Gasteiger partial charge < -0.3 is 10.6 Å². The summed E-state index contributed by atoms with van der Waals surface area (Å²) in [5.74, 6) is -0.0795. The second kappa shape index (κ2) is 3.85. The van der Waals surface area contributed by atoms with Crippen molar-refractivity contribution >= 4 is 34.8 Å². The van der Waals surface area contributed by atoms with Crippen LogP contribution in [0.15, 0.2) is 18.2 Å². The summed E-state index contributed by atoms with van der Waals surface area (Å²) in [4.78, 5) is 1.45. The zero-order valence-corrected chi connectivity index (χ0v) is 8.52. The summed E-state index contributed by atoms with van der Waals surface area (Å²) >= 11 is 11.7. The third kappa shape index (κ3) is 2.26. The van der Waals surface area contributed by atoms with Crippen LogP contribution in [0.2, 0.25) is 10.0 Å². The third-order valence-electron chi connectivity index (χ3n) is 1.63. The molecule has 0 saturated heterocycles. The van der Waals surface area contributed by atoms with Gasteiger partial charge in [-0.2, -0.15) is 0 Å². The maximum absolute atomic E-state index is 7.21. The summed E-state index contributed by atoms with van der Waals surface area (Å²) in [7, 11) is 1.65. The van der Waals surface area contributed by atoms with E-state index in [0.717, 1.165) is 0 Å². The zero-order valence-electron chi connectivity index (χ0n) is 7.01. The number of rotatable bonds is 1. The molecule has 0 unspecified atom stereocenters. The van der Waals surface area contributed by atoms with Crippen LogP contribution >= 0.6 is 23.2 Å². The predicted octanol–water partition coefficient (Wildman–Crippen LogP) is 2.32. The van der Waals surface area contributed by atoms with Crippen LogP contribution in [-0.4, -0.2) is 13.0 Å². The average molecular weight is 218 g/mol. The van der Waals surface area contributed by atoms with Gasteiger partial charge in [-0.25, -0.2) is 0 Å². The highest BCUT2D eigenvalue weighted by Crippen LogP contribution is 2.27. The van der Waals surface area contributed by atoms with Crippen LogP contribution < -0.4 is 10.6 Å². The first kappa shape index (κ1) is 10.2. The lowest BCUT2D eigenvalue weighted by atomic mass is 10.3. The molecule has 1 aromatic carbocycles. The first-order valence-corrected chi connectivity index (χ1v) is 4.31. The number of hydrogen-bond donors (Lipinski definition) is 2.